The highest BCUT2D eigenvalue weighted by Crippen LogP contribution is 2.34. The van der Waals surface area contributed by atoms with Gasteiger partial charge in [-0.05, 0) is 52.9 Å². The van der Waals surface area contributed by atoms with Crippen LogP contribution in [-0.2, 0) is 4.74 Å². The van der Waals surface area contributed by atoms with Crippen LogP contribution in [0.25, 0.3) is 0 Å². The first-order valence-corrected chi connectivity index (χ1v) is 6.40. The smallest absolute Gasteiger partial charge is 0.133 e. The SMILES string of the molecule is COc1ccc(C(C)CC2OC2C)cc1Br. The monoisotopic (exact) mass is 284 g/mol. The van der Waals surface area contributed by atoms with Crippen LogP contribution in [-0.4, -0.2) is 19.3 Å². The fourth-order valence-electron chi connectivity index (χ4n) is 1.95. The molecule has 1 aliphatic heterocycles. The molecule has 1 aliphatic rings. The molecular weight excluding hydrogens is 268 g/mol. The van der Waals surface area contributed by atoms with E-state index in [0.717, 1.165) is 16.6 Å². The van der Waals surface area contributed by atoms with Crippen molar-refractivity contribution in [1.29, 1.82) is 0 Å². The molecule has 3 heteroatoms. The highest BCUT2D eigenvalue weighted by atomic mass is 79.9. The Hall–Kier alpha value is -0.540. The van der Waals surface area contributed by atoms with Gasteiger partial charge in [0.1, 0.15) is 5.75 Å². The number of rotatable bonds is 4. The van der Waals surface area contributed by atoms with Gasteiger partial charge in [0.05, 0.1) is 23.8 Å². The van der Waals surface area contributed by atoms with Gasteiger partial charge in [0.25, 0.3) is 0 Å². The van der Waals surface area contributed by atoms with Gasteiger partial charge in [-0.3, -0.25) is 0 Å². The fourth-order valence-corrected chi connectivity index (χ4v) is 2.51. The van der Waals surface area contributed by atoms with Gasteiger partial charge in [0.15, 0.2) is 0 Å². The van der Waals surface area contributed by atoms with Crippen molar-refractivity contribution in [1.82, 2.24) is 0 Å². The summed E-state index contributed by atoms with van der Waals surface area (Å²) in [6.07, 6.45) is 2.00. The Labute approximate surface area is 105 Å². The van der Waals surface area contributed by atoms with Crippen molar-refractivity contribution in [3.63, 3.8) is 0 Å². The molecule has 2 rings (SSSR count). The van der Waals surface area contributed by atoms with Crippen molar-refractivity contribution < 1.29 is 9.47 Å². The molecule has 3 atom stereocenters. The van der Waals surface area contributed by atoms with Crippen molar-refractivity contribution in [2.45, 2.75) is 38.4 Å². The summed E-state index contributed by atoms with van der Waals surface area (Å²) >= 11 is 3.51. The van der Waals surface area contributed by atoms with Crippen molar-refractivity contribution in [3.05, 3.63) is 28.2 Å². The highest BCUT2D eigenvalue weighted by Gasteiger charge is 2.35. The van der Waals surface area contributed by atoms with Gasteiger partial charge in [-0.25, -0.2) is 0 Å². The first kappa shape index (κ1) is 11.9. The molecule has 1 saturated heterocycles. The molecule has 0 aliphatic carbocycles. The van der Waals surface area contributed by atoms with Crippen LogP contribution in [0, 0.1) is 0 Å². The van der Waals surface area contributed by atoms with Gasteiger partial charge in [0.2, 0.25) is 0 Å². The summed E-state index contributed by atoms with van der Waals surface area (Å²) in [5, 5.41) is 0. The zero-order valence-corrected chi connectivity index (χ0v) is 11.5. The summed E-state index contributed by atoms with van der Waals surface area (Å²) in [7, 11) is 1.68. The van der Waals surface area contributed by atoms with Crippen LogP contribution in [0.5, 0.6) is 5.75 Å². The Bertz CT molecular complexity index is 378. The Kier molecular flexibility index (Phi) is 3.55. The minimum absolute atomic E-state index is 0.448. The van der Waals surface area contributed by atoms with E-state index in [2.05, 4.69) is 41.9 Å². The molecule has 1 fully saturated rings. The fraction of sp³-hybridized carbons (Fsp3) is 0.538. The molecule has 2 nitrogen and oxygen atoms in total. The molecule has 0 aromatic heterocycles. The maximum absolute atomic E-state index is 5.45. The van der Waals surface area contributed by atoms with Crippen LogP contribution in [0.4, 0.5) is 0 Å². The highest BCUT2D eigenvalue weighted by molar-refractivity contribution is 9.10. The summed E-state index contributed by atoms with van der Waals surface area (Å²) in [6, 6.07) is 6.27. The summed E-state index contributed by atoms with van der Waals surface area (Å²) in [6.45, 7) is 4.37. The normalized spacial score (nSPS) is 25.2. The molecule has 0 saturated carbocycles. The van der Waals surface area contributed by atoms with Crippen LogP contribution < -0.4 is 4.74 Å². The first-order chi connectivity index (χ1) is 7.61. The van der Waals surface area contributed by atoms with E-state index in [-0.39, 0.29) is 0 Å². The van der Waals surface area contributed by atoms with E-state index >= 15 is 0 Å². The lowest BCUT2D eigenvalue weighted by Gasteiger charge is -2.12. The maximum Gasteiger partial charge on any atom is 0.133 e. The number of epoxide rings is 1. The van der Waals surface area contributed by atoms with Gasteiger partial charge in [-0.15, -0.1) is 0 Å². The zero-order chi connectivity index (χ0) is 11.7. The quantitative estimate of drug-likeness (QED) is 0.786. The molecular formula is C13H17BrO2. The van der Waals surface area contributed by atoms with Crippen molar-refractivity contribution in [3.8, 4) is 5.75 Å². The Morgan fingerprint density at radius 1 is 1.50 bits per heavy atom. The van der Waals surface area contributed by atoms with E-state index in [1.54, 1.807) is 7.11 Å². The lowest BCUT2D eigenvalue weighted by molar-refractivity contribution is 0.362. The number of halogens is 1. The second kappa shape index (κ2) is 4.76. The topological polar surface area (TPSA) is 21.8 Å². The van der Waals surface area contributed by atoms with E-state index in [9.17, 15) is 0 Å². The lowest BCUT2D eigenvalue weighted by Crippen LogP contribution is -2.00. The average Bonchev–Trinajstić information content (AvgIpc) is 2.94. The molecule has 0 N–H and O–H groups in total. The Balaban J connectivity index is 2.05. The summed E-state index contributed by atoms with van der Waals surface area (Å²) < 4.78 is 11.7. The minimum Gasteiger partial charge on any atom is -0.496 e. The largest absolute Gasteiger partial charge is 0.496 e. The molecule has 1 heterocycles. The number of hydrogen-bond donors (Lipinski definition) is 0. The molecule has 0 amide bonds. The van der Waals surface area contributed by atoms with Crippen molar-refractivity contribution in [2.24, 2.45) is 0 Å². The molecule has 0 spiro atoms. The zero-order valence-electron chi connectivity index (χ0n) is 9.87. The van der Waals surface area contributed by atoms with Crippen molar-refractivity contribution >= 4 is 15.9 Å². The second-order valence-corrected chi connectivity index (χ2v) is 5.26. The number of methoxy groups -OCH3 is 1. The van der Waals surface area contributed by atoms with Gasteiger partial charge in [-0.2, -0.15) is 0 Å². The molecule has 0 bridgehead atoms. The van der Waals surface area contributed by atoms with Gasteiger partial charge in [0, 0.05) is 0 Å². The number of benzene rings is 1. The van der Waals surface area contributed by atoms with Gasteiger partial charge in [-0.1, -0.05) is 13.0 Å². The minimum atomic E-state index is 0.448. The second-order valence-electron chi connectivity index (χ2n) is 4.41. The predicted molar refractivity (Wildman–Crippen MR) is 68.1 cm³/mol. The molecule has 0 radical (unpaired) electrons. The van der Waals surface area contributed by atoms with Gasteiger partial charge < -0.3 is 9.47 Å². The third kappa shape index (κ3) is 2.58. The number of ether oxygens (including phenoxy) is 2. The molecule has 88 valence electrons. The van der Waals surface area contributed by atoms with Crippen LogP contribution >= 0.6 is 15.9 Å². The molecule has 1 aromatic rings. The summed E-state index contributed by atoms with van der Waals surface area (Å²) in [5.74, 6) is 1.41. The summed E-state index contributed by atoms with van der Waals surface area (Å²) in [4.78, 5) is 0. The van der Waals surface area contributed by atoms with Crippen LogP contribution in [0.3, 0.4) is 0 Å². The first-order valence-electron chi connectivity index (χ1n) is 5.60. The Morgan fingerprint density at radius 2 is 2.19 bits per heavy atom. The maximum atomic E-state index is 5.45. The predicted octanol–water partition coefficient (Wildman–Crippen LogP) is 3.74. The van der Waals surface area contributed by atoms with Crippen molar-refractivity contribution in [2.75, 3.05) is 7.11 Å². The molecule has 1 aromatic carbocycles. The lowest BCUT2D eigenvalue weighted by atomic mass is 9.95. The van der Waals surface area contributed by atoms with E-state index in [0.29, 0.717) is 18.1 Å². The van der Waals surface area contributed by atoms with E-state index < -0.39 is 0 Å². The van der Waals surface area contributed by atoms with Crippen LogP contribution in [0.1, 0.15) is 31.7 Å². The summed E-state index contributed by atoms with van der Waals surface area (Å²) in [5.41, 5.74) is 1.33. The van der Waals surface area contributed by atoms with E-state index in [4.69, 9.17) is 9.47 Å². The average molecular weight is 285 g/mol. The van der Waals surface area contributed by atoms with E-state index in [1.165, 1.54) is 5.56 Å². The number of hydrogen-bond acceptors (Lipinski definition) is 2. The third-order valence-corrected chi connectivity index (χ3v) is 3.79. The third-order valence-electron chi connectivity index (χ3n) is 3.17. The molecule has 3 unspecified atom stereocenters. The Morgan fingerprint density at radius 3 is 2.69 bits per heavy atom. The van der Waals surface area contributed by atoms with Gasteiger partial charge >= 0.3 is 0 Å². The van der Waals surface area contributed by atoms with E-state index in [1.807, 2.05) is 6.07 Å². The van der Waals surface area contributed by atoms with Crippen LogP contribution in [0.2, 0.25) is 0 Å². The molecule has 16 heavy (non-hydrogen) atoms. The van der Waals surface area contributed by atoms with Crippen LogP contribution in [0.15, 0.2) is 22.7 Å². The standard InChI is InChI=1S/C13H17BrO2/c1-8(6-13-9(2)16-13)10-4-5-12(15-3)11(14)7-10/h4-5,7-9,13H,6H2,1-3H3.